The highest BCUT2D eigenvalue weighted by Crippen LogP contribution is 2.32. The van der Waals surface area contributed by atoms with Gasteiger partial charge in [0.25, 0.3) is 0 Å². The van der Waals surface area contributed by atoms with Gasteiger partial charge in [0.05, 0.1) is 5.37 Å². The number of nitrogens with zero attached hydrogens (tertiary/aromatic N) is 1. The van der Waals surface area contributed by atoms with E-state index in [1.54, 1.807) is 16.7 Å². The first kappa shape index (κ1) is 13.4. The van der Waals surface area contributed by atoms with Crippen LogP contribution in [-0.4, -0.2) is 39.1 Å². The van der Waals surface area contributed by atoms with Crippen molar-refractivity contribution in [2.45, 2.75) is 50.9 Å². The lowest BCUT2D eigenvalue weighted by Gasteiger charge is -2.27. The van der Waals surface area contributed by atoms with Crippen LogP contribution in [0.1, 0.15) is 39.5 Å². The Balaban J connectivity index is 2.75. The lowest BCUT2D eigenvalue weighted by molar-refractivity contribution is -0.149. The molecule has 0 saturated carbocycles. The number of thioether (sulfide) groups is 1. The maximum absolute atomic E-state index is 11.9. The second kappa shape index (κ2) is 6.13. The number of aliphatic carboxylic acids is 1. The summed E-state index contributed by atoms with van der Waals surface area (Å²) in [7, 11) is 0. The number of rotatable bonds is 5. The van der Waals surface area contributed by atoms with Crippen molar-refractivity contribution in [1.29, 1.82) is 0 Å². The highest BCUT2D eigenvalue weighted by atomic mass is 32.2. The molecular weight excluding hydrogens is 226 g/mol. The quantitative estimate of drug-likeness (QED) is 0.804. The topological polar surface area (TPSA) is 57.6 Å². The molecule has 0 spiro atoms. The molecule has 2 unspecified atom stereocenters. The van der Waals surface area contributed by atoms with Gasteiger partial charge in [-0.25, -0.2) is 4.79 Å². The van der Waals surface area contributed by atoms with Crippen molar-refractivity contribution in [3.05, 3.63) is 0 Å². The molecule has 1 fully saturated rings. The SMILES string of the molecule is CCCC(=O)N1C(CCC)SCC1C(=O)O. The first-order valence-electron chi connectivity index (χ1n) is 5.77. The minimum absolute atomic E-state index is 0.0154. The number of carboxylic acid groups (broad SMARTS) is 1. The summed E-state index contributed by atoms with van der Waals surface area (Å²) in [6.07, 6.45) is 3.07. The Bertz CT molecular complexity index is 270. The molecule has 1 amide bonds. The van der Waals surface area contributed by atoms with Gasteiger partial charge < -0.3 is 10.0 Å². The van der Waals surface area contributed by atoms with Crippen molar-refractivity contribution in [2.24, 2.45) is 0 Å². The number of amides is 1. The van der Waals surface area contributed by atoms with Crippen LogP contribution in [0.3, 0.4) is 0 Å². The Labute approximate surface area is 100 Å². The van der Waals surface area contributed by atoms with Gasteiger partial charge >= 0.3 is 5.97 Å². The van der Waals surface area contributed by atoms with Gasteiger partial charge in [-0.15, -0.1) is 11.8 Å². The van der Waals surface area contributed by atoms with Crippen molar-refractivity contribution < 1.29 is 14.7 Å². The fourth-order valence-electron chi connectivity index (χ4n) is 1.90. The van der Waals surface area contributed by atoms with Crippen LogP contribution in [0.2, 0.25) is 0 Å². The average Bonchev–Trinajstić information content (AvgIpc) is 2.62. The number of carbonyl (C=O) groups excluding carboxylic acids is 1. The second-order valence-electron chi connectivity index (χ2n) is 3.98. The van der Waals surface area contributed by atoms with Gasteiger partial charge in [-0.2, -0.15) is 0 Å². The molecule has 0 aliphatic carbocycles. The summed E-state index contributed by atoms with van der Waals surface area (Å²) in [6, 6.07) is -0.624. The Morgan fingerprint density at radius 1 is 1.38 bits per heavy atom. The number of hydrogen-bond donors (Lipinski definition) is 1. The van der Waals surface area contributed by atoms with Crippen molar-refractivity contribution >= 4 is 23.6 Å². The molecule has 0 aromatic rings. The normalized spacial score (nSPS) is 24.8. The molecule has 92 valence electrons. The van der Waals surface area contributed by atoms with Gasteiger partial charge in [0, 0.05) is 12.2 Å². The molecule has 0 radical (unpaired) electrons. The lowest BCUT2D eigenvalue weighted by Crippen LogP contribution is -2.45. The fourth-order valence-corrected chi connectivity index (χ4v) is 3.44. The highest BCUT2D eigenvalue weighted by Gasteiger charge is 2.40. The largest absolute Gasteiger partial charge is 0.480 e. The van der Waals surface area contributed by atoms with Crippen LogP contribution in [0.5, 0.6) is 0 Å². The molecule has 4 nitrogen and oxygen atoms in total. The molecule has 0 bridgehead atoms. The average molecular weight is 245 g/mol. The minimum atomic E-state index is -0.879. The molecule has 1 saturated heterocycles. The van der Waals surface area contributed by atoms with Crippen molar-refractivity contribution in [3.8, 4) is 0 Å². The van der Waals surface area contributed by atoms with Gasteiger partial charge in [-0.1, -0.05) is 20.3 Å². The molecule has 5 heteroatoms. The number of hydrogen-bond acceptors (Lipinski definition) is 3. The van der Waals surface area contributed by atoms with Crippen LogP contribution in [0.25, 0.3) is 0 Å². The van der Waals surface area contributed by atoms with Gasteiger partial charge in [0.2, 0.25) is 5.91 Å². The summed E-state index contributed by atoms with van der Waals surface area (Å²) in [5.41, 5.74) is 0. The second-order valence-corrected chi connectivity index (χ2v) is 5.19. The molecule has 16 heavy (non-hydrogen) atoms. The van der Waals surface area contributed by atoms with Gasteiger partial charge in [-0.05, 0) is 12.8 Å². The van der Waals surface area contributed by atoms with Crippen LogP contribution < -0.4 is 0 Å². The summed E-state index contributed by atoms with van der Waals surface area (Å²) in [5, 5.41) is 9.14. The monoisotopic (exact) mass is 245 g/mol. The zero-order valence-corrected chi connectivity index (χ0v) is 10.6. The predicted octanol–water partition coefficient (Wildman–Crippen LogP) is 1.94. The molecule has 1 aliphatic heterocycles. The standard InChI is InChI=1S/C11H19NO3S/c1-3-5-9(13)12-8(11(14)15)7-16-10(12)6-4-2/h8,10H,3-7H2,1-2H3,(H,14,15). The first-order chi connectivity index (χ1) is 7.61. The zero-order chi connectivity index (χ0) is 12.1. The van der Waals surface area contributed by atoms with Gasteiger partial charge in [0.15, 0.2) is 0 Å². The van der Waals surface area contributed by atoms with Crippen LogP contribution >= 0.6 is 11.8 Å². The van der Waals surface area contributed by atoms with E-state index in [-0.39, 0.29) is 11.3 Å². The lowest BCUT2D eigenvalue weighted by atomic mass is 10.2. The first-order valence-corrected chi connectivity index (χ1v) is 6.82. The summed E-state index contributed by atoms with van der Waals surface area (Å²) in [4.78, 5) is 24.5. The van der Waals surface area contributed by atoms with E-state index < -0.39 is 12.0 Å². The van der Waals surface area contributed by atoms with Crippen LogP contribution in [0.4, 0.5) is 0 Å². The zero-order valence-electron chi connectivity index (χ0n) is 9.81. The van der Waals surface area contributed by atoms with Crippen LogP contribution in [0.15, 0.2) is 0 Å². The van der Waals surface area contributed by atoms with E-state index in [9.17, 15) is 9.59 Å². The van der Waals surface area contributed by atoms with E-state index in [1.165, 1.54) is 0 Å². The Morgan fingerprint density at radius 3 is 2.56 bits per heavy atom. The molecule has 2 atom stereocenters. The van der Waals surface area contributed by atoms with Crippen molar-refractivity contribution in [3.63, 3.8) is 0 Å². The predicted molar refractivity (Wildman–Crippen MR) is 64.3 cm³/mol. The molecule has 0 aromatic heterocycles. The van der Waals surface area contributed by atoms with E-state index in [0.29, 0.717) is 12.2 Å². The molecule has 1 N–H and O–H groups in total. The highest BCUT2D eigenvalue weighted by molar-refractivity contribution is 8.00. The molecule has 0 aromatic carbocycles. The van der Waals surface area contributed by atoms with Crippen molar-refractivity contribution in [2.75, 3.05) is 5.75 Å². The maximum atomic E-state index is 11.9. The van der Waals surface area contributed by atoms with Crippen LogP contribution in [-0.2, 0) is 9.59 Å². The van der Waals surface area contributed by atoms with Crippen LogP contribution in [0, 0.1) is 0 Å². The molecule has 1 aliphatic rings. The Kier molecular flexibility index (Phi) is 5.12. The van der Waals surface area contributed by atoms with E-state index in [2.05, 4.69) is 6.92 Å². The third-order valence-electron chi connectivity index (χ3n) is 2.67. The molecular formula is C11H19NO3S. The van der Waals surface area contributed by atoms with E-state index in [0.717, 1.165) is 19.3 Å². The summed E-state index contributed by atoms with van der Waals surface area (Å²) < 4.78 is 0. The Hall–Kier alpha value is -0.710. The summed E-state index contributed by atoms with van der Waals surface area (Å²) in [6.45, 7) is 3.99. The van der Waals surface area contributed by atoms with Gasteiger partial charge in [-0.3, -0.25) is 4.79 Å². The smallest absolute Gasteiger partial charge is 0.327 e. The Morgan fingerprint density at radius 2 is 2.06 bits per heavy atom. The fraction of sp³-hybridized carbons (Fsp3) is 0.818. The minimum Gasteiger partial charge on any atom is -0.480 e. The molecule has 1 rings (SSSR count). The number of carboxylic acids is 1. The third kappa shape index (κ3) is 2.90. The third-order valence-corrected chi connectivity index (χ3v) is 4.02. The van der Waals surface area contributed by atoms with E-state index >= 15 is 0 Å². The number of carbonyl (C=O) groups is 2. The van der Waals surface area contributed by atoms with E-state index in [4.69, 9.17) is 5.11 Å². The van der Waals surface area contributed by atoms with E-state index in [1.807, 2.05) is 6.92 Å². The van der Waals surface area contributed by atoms with Crippen molar-refractivity contribution in [1.82, 2.24) is 4.90 Å². The summed E-state index contributed by atoms with van der Waals surface area (Å²) >= 11 is 1.59. The van der Waals surface area contributed by atoms with Gasteiger partial charge in [0.1, 0.15) is 6.04 Å². The summed E-state index contributed by atoms with van der Waals surface area (Å²) in [5.74, 6) is -0.371. The maximum Gasteiger partial charge on any atom is 0.327 e. The molecule has 1 heterocycles.